The fraction of sp³-hybridized carbons (Fsp3) is 0.316. The van der Waals surface area contributed by atoms with Crippen molar-refractivity contribution in [2.45, 2.75) is 19.5 Å². The van der Waals surface area contributed by atoms with Gasteiger partial charge in [0.2, 0.25) is 0 Å². The molecular weight excluding hydrogens is 318 g/mol. The van der Waals surface area contributed by atoms with Gasteiger partial charge in [-0.05, 0) is 29.0 Å². The highest BCUT2D eigenvalue weighted by atomic mass is 32.1. The molecule has 0 bridgehead atoms. The molecule has 3 rings (SSSR count). The van der Waals surface area contributed by atoms with E-state index in [9.17, 15) is 4.79 Å². The Morgan fingerprint density at radius 2 is 2.00 bits per heavy atom. The molecule has 0 radical (unpaired) electrons. The van der Waals surface area contributed by atoms with Crippen LogP contribution < -0.4 is 10.6 Å². The van der Waals surface area contributed by atoms with E-state index in [0.29, 0.717) is 13.1 Å². The lowest BCUT2D eigenvalue weighted by Gasteiger charge is -2.26. The van der Waals surface area contributed by atoms with Crippen molar-refractivity contribution in [2.75, 3.05) is 19.6 Å². The quantitative estimate of drug-likeness (QED) is 0.841. The van der Waals surface area contributed by atoms with Crippen LogP contribution in [0.15, 0.2) is 41.8 Å². The molecule has 4 nitrogen and oxygen atoms in total. The molecule has 0 saturated heterocycles. The number of carbonyl (C=O) groups excluding carboxylic acids is 1. The normalized spacial score (nSPS) is 13.5. The largest absolute Gasteiger partial charge is 0.333 e. The Bertz CT molecular complexity index is 731. The third kappa shape index (κ3) is 4.85. The fourth-order valence-corrected chi connectivity index (χ4v) is 3.33. The number of nitrogens with one attached hydrogen (secondary N) is 2. The summed E-state index contributed by atoms with van der Waals surface area (Å²) in [7, 11) is 0. The second kappa shape index (κ2) is 8.53. The Hall–Kier alpha value is -2.29. The van der Waals surface area contributed by atoms with Crippen LogP contribution in [-0.4, -0.2) is 30.6 Å². The van der Waals surface area contributed by atoms with Gasteiger partial charge >= 0.3 is 6.03 Å². The first-order valence-corrected chi connectivity index (χ1v) is 8.98. The van der Waals surface area contributed by atoms with Gasteiger partial charge in [-0.15, -0.1) is 11.3 Å². The van der Waals surface area contributed by atoms with E-state index in [0.717, 1.165) is 30.9 Å². The van der Waals surface area contributed by atoms with Gasteiger partial charge in [0.25, 0.3) is 0 Å². The van der Waals surface area contributed by atoms with Gasteiger partial charge in [0.05, 0.1) is 19.6 Å². The fourth-order valence-electron chi connectivity index (χ4n) is 2.69. The van der Waals surface area contributed by atoms with E-state index in [1.807, 2.05) is 17.5 Å². The molecule has 0 aliphatic carbocycles. The smallest absolute Gasteiger partial charge is 0.315 e. The number of thiophene rings is 1. The number of amides is 2. The molecule has 2 aromatic rings. The summed E-state index contributed by atoms with van der Waals surface area (Å²) in [5, 5.41) is 7.58. The lowest BCUT2D eigenvalue weighted by Crippen LogP contribution is -2.35. The molecule has 0 unspecified atom stereocenters. The van der Waals surface area contributed by atoms with Gasteiger partial charge in [0.1, 0.15) is 0 Å². The van der Waals surface area contributed by atoms with Crippen LogP contribution in [0.2, 0.25) is 0 Å². The van der Waals surface area contributed by atoms with Crippen LogP contribution in [0.25, 0.3) is 0 Å². The van der Waals surface area contributed by atoms with Crippen molar-refractivity contribution in [3.8, 4) is 11.8 Å². The zero-order valence-electron chi connectivity index (χ0n) is 13.5. The Balaban J connectivity index is 1.34. The van der Waals surface area contributed by atoms with Crippen molar-refractivity contribution in [1.82, 2.24) is 15.5 Å². The Morgan fingerprint density at radius 3 is 2.83 bits per heavy atom. The van der Waals surface area contributed by atoms with Crippen molar-refractivity contribution < 1.29 is 4.79 Å². The summed E-state index contributed by atoms with van der Waals surface area (Å²) in [6, 6.07) is 12.4. The molecule has 0 fully saturated rings. The van der Waals surface area contributed by atoms with Gasteiger partial charge < -0.3 is 10.6 Å². The van der Waals surface area contributed by atoms with Gasteiger partial charge in [-0.25, -0.2) is 4.79 Å². The molecule has 1 aliphatic rings. The van der Waals surface area contributed by atoms with E-state index in [1.54, 1.807) is 11.3 Å². The maximum Gasteiger partial charge on any atom is 0.315 e. The molecule has 0 saturated carbocycles. The number of hydrogen-bond acceptors (Lipinski definition) is 3. The van der Waals surface area contributed by atoms with E-state index in [-0.39, 0.29) is 6.03 Å². The Kier molecular flexibility index (Phi) is 5.89. The Labute approximate surface area is 146 Å². The number of benzene rings is 1. The minimum Gasteiger partial charge on any atom is -0.333 e. The van der Waals surface area contributed by atoms with Crippen molar-refractivity contribution in [2.24, 2.45) is 0 Å². The van der Waals surface area contributed by atoms with E-state index in [1.165, 1.54) is 11.1 Å². The van der Waals surface area contributed by atoms with Crippen LogP contribution in [0.1, 0.15) is 16.0 Å². The predicted molar refractivity (Wildman–Crippen MR) is 97.8 cm³/mol. The molecule has 1 aliphatic heterocycles. The van der Waals surface area contributed by atoms with Gasteiger partial charge in [-0.3, -0.25) is 4.90 Å². The molecule has 2 amide bonds. The van der Waals surface area contributed by atoms with Crippen molar-refractivity contribution in [1.29, 1.82) is 0 Å². The monoisotopic (exact) mass is 339 g/mol. The average Bonchev–Trinajstić information content (AvgIpc) is 3.13. The molecule has 0 spiro atoms. The summed E-state index contributed by atoms with van der Waals surface area (Å²) >= 11 is 1.63. The number of rotatable bonds is 4. The van der Waals surface area contributed by atoms with Crippen LogP contribution >= 0.6 is 11.3 Å². The van der Waals surface area contributed by atoms with Crippen LogP contribution in [0.4, 0.5) is 4.79 Å². The molecule has 2 N–H and O–H groups in total. The van der Waals surface area contributed by atoms with E-state index >= 15 is 0 Å². The SMILES string of the molecule is O=C(NCC#CCN1CCc2ccccc2C1)NCc1cccs1. The first-order chi connectivity index (χ1) is 11.8. The topological polar surface area (TPSA) is 44.4 Å². The molecule has 124 valence electrons. The first kappa shape index (κ1) is 16.6. The van der Waals surface area contributed by atoms with Crippen molar-refractivity contribution in [3.05, 3.63) is 57.8 Å². The lowest BCUT2D eigenvalue weighted by atomic mass is 10.0. The zero-order valence-corrected chi connectivity index (χ0v) is 14.4. The summed E-state index contributed by atoms with van der Waals surface area (Å²) in [5.74, 6) is 6.17. The lowest BCUT2D eigenvalue weighted by molar-refractivity contribution is 0.241. The van der Waals surface area contributed by atoms with Crippen LogP contribution in [-0.2, 0) is 19.5 Å². The highest BCUT2D eigenvalue weighted by molar-refractivity contribution is 7.09. The maximum absolute atomic E-state index is 11.6. The molecular formula is C19H21N3OS. The Morgan fingerprint density at radius 1 is 1.12 bits per heavy atom. The average molecular weight is 339 g/mol. The first-order valence-electron chi connectivity index (χ1n) is 8.10. The van der Waals surface area contributed by atoms with Crippen LogP contribution in [0.5, 0.6) is 0 Å². The summed E-state index contributed by atoms with van der Waals surface area (Å²) < 4.78 is 0. The molecule has 1 aromatic heterocycles. The summed E-state index contributed by atoms with van der Waals surface area (Å²) in [4.78, 5) is 15.1. The molecule has 2 heterocycles. The van der Waals surface area contributed by atoms with E-state index in [4.69, 9.17) is 0 Å². The minimum atomic E-state index is -0.176. The zero-order chi connectivity index (χ0) is 16.6. The van der Waals surface area contributed by atoms with Crippen LogP contribution in [0.3, 0.4) is 0 Å². The molecule has 1 aromatic carbocycles. The second-order valence-corrected chi connectivity index (χ2v) is 6.73. The van der Waals surface area contributed by atoms with E-state index in [2.05, 4.69) is 51.6 Å². The summed E-state index contributed by atoms with van der Waals surface area (Å²) in [5.41, 5.74) is 2.85. The van der Waals surface area contributed by atoms with Gasteiger partial charge in [0, 0.05) is 18.0 Å². The number of carbonyl (C=O) groups is 1. The number of urea groups is 1. The highest BCUT2D eigenvalue weighted by Crippen LogP contribution is 2.17. The van der Waals surface area contributed by atoms with Gasteiger partial charge in [-0.1, -0.05) is 42.2 Å². The third-order valence-corrected chi connectivity index (χ3v) is 4.85. The number of hydrogen-bond donors (Lipinski definition) is 2. The van der Waals surface area contributed by atoms with Crippen molar-refractivity contribution in [3.63, 3.8) is 0 Å². The molecule has 5 heteroatoms. The highest BCUT2D eigenvalue weighted by Gasteiger charge is 2.13. The second-order valence-electron chi connectivity index (χ2n) is 5.70. The minimum absolute atomic E-state index is 0.176. The summed E-state index contributed by atoms with van der Waals surface area (Å²) in [6.07, 6.45) is 1.08. The maximum atomic E-state index is 11.6. The summed E-state index contributed by atoms with van der Waals surface area (Å²) in [6.45, 7) is 3.68. The standard InChI is InChI=1S/C19H21N3OS/c23-19(21-14-18-8-5-13-24-18)20-10-3-4-11-22-12-9-16-6-1-2-7-17(16)15-22/h1-2,5-8,13H,9-12,14-15H2,(H2,20,21,23). The third-order valence-electron chi connectivity index (χ3n) is 3.98. The van der Waals surface area contributed by atoms with Crippen LogP contribution in [0, 0.1) is 11.8 Å². The van der Waals surface area contributed by atoms with Gasteiger partial charge in [-0.2, -0.15) is 0 Å². The predicted octanol–water partition coefficient (Wildman–Crippen LogP) is 2.61. The number of fused-ring (bicyclic) bond motifs is 1. The van der Waals surface area contributed by atoms with E-state index < -0.39 is 0 Å². The molecule has 0 atom stereocenters. The van der Waals surface area contributed by atoms with Gasteiger partial charge in [0.15, 0.2) is 0 Å². The number of nitrogens with zero attached hydrogens (tertiary/aromatic N) is 1. The van der Waals surface area contributed by atoms with Crippen molar-refractivity contribution >= 4 is 17.4 Å². The molecule has 24 heavy (non-hydrogen) atoms.